The number of ether oxygens (including phenoxy) is 1. The van der Waals surface area contributed by atoms with Crippen molar-refractivity contribution in [1.82, 2.24) is 0 Å². The lowest BCUT2D eigenvalue weighted by Crippen LogP contribution is -1.94. The molecule has 0 radical (unpaired) electrons. The fourth-order valence-electron chi connectivity index (χ4n) is 2.02. The van der Waals surface area contributed by atoms with Crippen LogP contribution in [0.3, 0.4) is 0 Å². The van der Waals surface area contributed by atoms with Crippen LogP contribution in [-0.4, -0.2) is 0 Å². The van der Waals surface area contributed by atoms with E-state index < -0.39 is 0 Å². The van der Waals surface area contributed by atoms with Crippen LogP contribution in [0.15, 0.2) is 48.5 Å². The van der Waals surface area contributed by atoms with Crippen molar-refractivity contribution >= 4 is 0 Å². The molecule has 15 heavy (non-hydrogen) atoms. The molecule has 74 valence electrons. The van der Waals surface area contributed by atoms with Gasteiger partial charge in [0.15, 0.2) is 0 Å². The number of rotatable bonds is 0. The second-order valence-corrected chi connectivity index (χ2v) is 3.84. The Morgan fingerprint density at radius 3 is 2.27 bits per heavy atom. The maximum absolute atomic E-state index is 5.77. The Morgan fingerprint density at radius 1 is 0.733 bits per heavy atom. The van der Waals surface area contributed by atoms with Crippen molar-refractivity contribution in [3.8, 4) is 5.75 Å². The molecule has 0 aromatic heterocycles. The normalized spacial score (nSPS) is 13.3. The topological polar surface area (TPSA) is 9.23 Å². The van der Waals surface area contributed by atoms with E-state index in [0.29, 0.717) is 6.61 Å². The summed E-state index contributed by atoms with van der Waals surface area (Å²) >= 11 is 0. The lowest BCUT2D eigenvalue weighted by molar-refractivity contribution is 0.307. The van der Waals surface area contributed by atoms with Crippen LogP contribution in [0.25, 0.3) is 0 Å². The monoisotopic (exact) mass is 196 g/mol. The highest BCUT2D eigenvalue weighted by Gasteiger charge is 2.12. The summed E-state index contributed by atoms with van der Waals surface area (Å²) in [5.41, 5.74) is 3.96. The summed E-state index contributed by atoms with van der Waals surface area (Å²) in [6.07, 6.45) is 0.979. The van der Waals surface area contributed by atoms with Crippen molar-refractivity contribution in [3.63, 3.8) is 0 Å². The molecule has 0 unspecified atom stereocenters. The number of benzene rings is 2. The van der Waals surface area contributed by atoms with Crippen LogP contribution in [0.5, 0.6) is 5.75 Å². The third-order valence-corrected chi connectivity index (χ3v) is 2.86. The Labute approximate surface area is 89.3 Å². The SMILES string of the molecule is c1ccc2c(c1)COc1ccccc1C2. The summed E-state index contributed by atoms with van der Waals surface area (Å²) in [7, 11) is 0. The molecule has 2 aromatic carbocycles. The molecule has 1 nitrogen and oxygen atoms in total. The van der Waals surface area contributed by atoms with Gasteiger partial charge in [0.2, 0.25) is 0 Å². The van der Waals surface area contributed by atoms with Crippen LogP contribution in [0.2, 0.25) is 0 Å². The molecule has 0 bridgehead atoms. The minimum atomic E-state index is 0.688. The Bertz CT molecular complexity index is 443. The van der Waals surface area contributed by atoms with Crippen LogP contribution in [0, 0.1) is 0 Å². The second-order valence-electron chi connectivity index (χ2n) is 3.84. The van der Waals surface area contributed by atoms with E-state index in [1.54, 1.807) is 0 Å². The molecule has 2 aromatic rings. The Kier molecular flexibility index (Phi) is 1.95. The zero-order chi connectivity index (χ0) is 10.1. The van der Waals surface area contributed by atoms with Crippen molar-refractivity contribution in [2.45, 2.75) is 13.0 Å². The van der Waals surface area contributed by atoms with Crippen molar-refractivity contribution in [3.05, 3.63) is 65.2 Å². The van der Waals surface area contributed by atoms with Gasteiger partial charge in [-0.25, -0.2) is 0 Å². The zero-order valence-electron chi connectivity index (χ0n) is 8.44. The van der Waals surface area contributed by atoms with E-state index >= 15 is 0 Å². The highest BCUT2D eigenvalue weighted by atomic mass is 16.5. The first-order valence-electron chi connectivity index (χ1n) is 5.21. The molecular formula is C14H12O. The predicted molar refractivity (Wildman–Crippen MR) is 60.0 cm³/mol. The first-order valence-corrected chi connectivity index (χ1v) is 5.21. The molecule has 0 saturated heterocycles. The third kappa shape index (κ3) is 1.50. The molecule has 0 fully saturated rings. The second kappa shape index (κ2) is 3.43. The van der Waals surface area contributed by atoms with E-state index in [0.717, 1.165) is 12.2 Å². The zero-order valence-corrected chi connectivity index (χ0v) is 8.44. The molecule has 0 spiro atoms. The third-order valence-electron chi connectivity index (χ3n) is 2.86. The minimum Gasteiger partial charge on any atom is -0.489 e. The van der Waals surface area contributed by atoms with E-state index in [2.05, 4.69) is 36.4 Å². The molecule has 1 heterocycles. The van der Waals surface area contributed by atoms with Gasteiger partial charge in [-0.1, -0.05) is 42.5 Å². The van der Waals surface area contributed by atoms with Crippen LogP contribution in [0.4, 0.5) is 0 Å². The van der Waals surface area contributed by atoms with Gasteiger partial charge in [-0.05, 0) is 22.8 Å². The van der Waals surface area contributed by atoms with Gasteiger partial charge in [0.1, 0.15) is 12.4 Å². The summed E-state index contributed by atoms with van der Waals surface area (Å²) in [6, 6.07) is 16.7. The maximum atomic E-state index is 5.77. The van der Waals surface area contributed by atoms with Gasteiger partial charge in [0.05, 0.1) is 0 Å². The summed E-state index contributed by atoms with van der Waals surface area (Å²) in [5.74, 6) is 1.02. The largest absolute Gasteiger partial charge is 0.489 e. The molecule has 0 atom stereocenters. The lowest BCUT2D eigenvalue weighted by Gasteiger charge is -2.05. The van der Waals surface area contributed by atoms with Crippen LogP contribution in [-0.2, 0) is 13.0 Å². The molecule has 1 aliphatic rings. The van der Waals surface area contributed by atoms with Crippen molar-refractivity contribution in [1.29, 1.82) is 0 Å². The average molecular weight is 196 g/mol. The fourth-order valence-corrected chi connectivity index (χ4v) is 2.02. The molecular weight excluding hydrogens is 184 g/mol. The number of hydrogen-bond acceptors (Lipinski definition) is 1. The van der Waals surface area contributed by atoms with E-state index in [1.807, 2.05) is 12.1 Å². The minimum absolute atomic E-state index is 0.688. The molecule has 3 rings (SSSR count). The van der Waals surface area contributed by atoms with Gasteiger partial charge in [0.25, 0.3) is 0 Å². The van der Waals surface area contributed by atoms with Gasteiger partial charge in [-0.15, -0.1) is 0 Å². The molecule has 0 N–H and O–H groups in total. The van der Waals surface area contributed by atoms with E-state index in [4.69, 9.17) is 4.74 Å². The van der Waals surface area contributed by atoms with Crippen LogP contribution in [0.1, 0.15) is 16.7 Å². The van der Waals surface area contributed by atoms with Gasteiger partial charge < -0.3 is 4.74 Å². The average Bonchev–Trinajstić information content (AvgIpc) is 2.48. The first kappa shape index (κ1) is 8.54. The number of fused-ring (bicyclic) bond motifs is 2. The van der Waals surface area contributed by atoms with Crippen molar-refractivity contribution < 1.29 is 4.74 Å². The number of hydrogen-bond donors (Lipinski definition) is 0. The molecule has 1 aliphatic heterocycles. The maximum Gasteiger partial charge on any atom is 0.123 e. The quantitative estimate of drug-likeness (QED) is 0.629. The summed E-state index contributed by atoms with van der Waals surface area (Å²) < 4.78 is 5.77. The summed E-state index contributed by atoms with van der Waals surface area (Å²) in [5, 5.41) is 0. The summed E-state index contributed by atoms with van der Waals surface area (Å²) in [4.78, 5) is 0. The molecule has 1 heteroatoms. The van der Waals surface area contributed by atoms with Gasteiger partial charge in [-0.3, -0.25) is 0 Å². The molecule has 0 amide bonds. The highest BCUT2D eigenvalue weighted by molar-refractivity contribution is 5.42. The standard InChI is InChI=1S/C14H12O/c1-2-7-13-10-15-14-8-4-3-6-12(14)9-11(13)5-1/h1-8H,9-10H2. The Morgan fingerprint density at radius 2 is 1.40 bits per heavy atom. The Hall–Kier alpha value is -1.76. The van der Waals surface area contributed by atoms with Crippen molar-refractivity contribution in [2.24, 2.45) is 0 Å². The van der Waals surface area contributed by atoms with Crippen LogP contribution < -0.4 is 4.74 Å². The van der Waals surface area contributed by atoms with Crippen LogP contribution >= 0.6 is 0 Å². The van der Waals surface area contributed by atoms with E-state index in [9.17, 15) is 0 Å². The smallest absolute Gasteiger partial charge is 0.123 e. The Balaban J connectivity index is 2.10. The molecule has 0 aliphatic carbocycles. The van der Waals surface area contributed by atoms with Gasteiger partial charge in [0, 0.05) is 6.42 Å². The summed E-state index contributed by atoms with van der Waals surface area (Å²) in [6.45, 7) is 0.688. The lowest BCUT2D eigenvalue weighted by atomic mass is 10.0. The molecule has 0 saturated carbocycles. The highest BCUT2D eigenvalue weighted by Crippen LogP contribution is 2.27. The fraction of sp³-hybridized carbons (Fsp3) is 0.143. The number of para-hydroxylation sites is 1. The van der Waals surface area contributed by atoms with Gasteiger partial charge >= 0.3 is 0 Å². The van der Waals surface area contributed by atoms with E-state index in [1.165, 1.54) is 16.7 Å². The van der Waals surface area contributed by atoms with Crippen molar-refractivity contribution in [2.75, 3.05) is 0 Å². The van der Waals surface area contributed by atoms with E-state index in [-0.39, 0.29) is 0 Å². The predicted octanol–water partition coefficient (Wildman–Crippen LogP) is 3.17. The van der Waals surface area contributed by atoms with Gasteiger partial charge in [-0.2, -0.15) is 0 Å². The first-order chi connectivity index (χ1) is 7.43.